The van der Waals surface area contributed by atoms with Crippen molar-refractivity contribution in [3.05, 3.63) is 102 Å². The maximum atomic E-state index is 14.4. The minimum atomic E-state index is -4.01. The standard InChI is InChI=1S/C33H31F2N7O3S/c34-25-10-12-27(13-11-25)46(44,45)42-14-4-9-31(42)32(43)37-22-26-20-29(24-6-3-5-23(19-24)21-36)39-33(38-26)41-17-15-40(16-18-41)30-8-2-1-7-28(30)35/h1-3,5-8,10-13,19-20,31H,4,9,14-18,22H2,(H,37,43). The number of hydrogen-bond donors (Lipinski definition) is 1. The third-order valence-corrected chi connectivity index (χ3v) is 10.1. The molecule has 0 spiro atoms. The van der Waals surface area contributed by atoms with Crippen molar-refractivity contribution in [2.75, 3.05) is 42.5 Å². The van der Waals surface area contributed by atoms with E-state index in [1.54, 1.807) is 42.5 Å². The molecule has 0 saturated carbocycles. The van der Waals surface area contributed by atoms with Crippen molar-refractivity contribution in [2.45, 2.75) is 30.3 Å². The Morgan fingerprint density at radius 2 is 1.65 bits per heavy atom. The predicted octanol–water partition coefficient (Wildman–Crippen LogP) is 4.09. The number of nitrogens with zero attached hydrogens (tertiary/aromatic N) is 6. The predicted molar refractivity (Wildman–Crippen MR) is 168 cm³/mol. The Bertz CT molecular complexity index is 1890. The van der Waals surface area contributed by atoms with Crippen LogP contribution in [0.5, 0.6) is 0 Å². The molecule has 1 atom stereocenters. The molecule has 10 nitrogen and oxygen atoms in total. The van der Waals surface area contributed by atoms with Gasteiger partial charge in [-0.25, -0.2) is 27.2 Å². The highest BCUT2D eigenvalue weighted by molar-refractivity contribution is 7.89. The van der Waals surface area contributed by atoms with Gasteiger partial charge in [-0.15, -0.1) is 0 Å². The Balaban J connectivity index is 1.22. The van der Waals surface area contributed by atoms with E-state index in [0.29, 0.717) is 73.2 Å². The first-order valence-electron chi connectivity index (χ1n) is 14.9. The summed E-state index contributed by atoms with van der Waals surface area (Å²) in [5.41, 5.74) is 2.76. The highest BCUT2D eigenvalue weighted by atomic mass is 32.2. The Labute approximate surface area is 266 Å². The summed E-state index contributed by atoms with van der Waals surface area (Å²) in [5, 5.41) is 12.3. The molecule has 2 aliphatic heterocycles. The number of nitriles is 1. The number of sulfonamides is 1. The third-order valence-electron chi connectivity index (χ3n) is 8.18. The molecule has 3 heterocycles. The second kappa shape index (κ2) is 13.2. The Morgan fingerprint density at radius 1 is 0.913 bits per heavy atom. The number of amides is 1. The maximum absolute atomic E-state index is 14.4. The van der Waals surface area contributed by atoms with Gasteiger partial charge in [0.1, 0.15) is 17.7 Å². The van der Waals surface area contributed by atoms with Crippen molar-refractivity contribution in [1.29, 1.82) is 5.26 Å². The maximum Gasteiger partial charge on any atom is 0.243 e. The summed E-state index contributed by atoms with van der Waals surface area (Å²) in [6, 6.07) is 21.2. The van der Waals surface area contributed by atoms with E-state index in [1.807, 2.05) is 15.9 Å². The normalized spacial score (nSPS) is 17.1. The topological polar surface area (TPSA) is 123 Å². The summed E-state index contributed by atoms with van der Waals surface area (Å²) in [6.07, 6.45) is 0.855. The van der Waals surface area contributed by atoms with Crippen LogP contribution in [0.3, 0.4) is 0 Å². The lowest BCUT2D eigenvalue weighted by atomic mass is 10.1. The van der Waals surface area contributed by atoms with Crippen molar-refractivity contribution >= 4 is 27.6 Å². The third kappa shape index (κ3) is 6.54. The van der Waals surface area contributed by atoms with Crippen molar-refractivity contribution in [1.82, 2.24) is 19.6 Å². The van der Waals surface area contributed by atoms with Crippen molar-refractivity contribution < 1.29 is 22.0 Å². The lowest BCUT2D eigenvalue weighted by Gasteiger charge is -2.36. The van der Waals surface area contributed by atoms with Crippen molar-refractivity contribution in [3.8, 4) is 17.3 Å². The molecule has 2 aliphatic rings. The first-order valence-corrected chi connectivity index (χ1v) is 16.3. The van der Waals surface area contributed by atoms with Gasteiger partial charge in [-0.05, 0) is 67.4 Å². The van der Waals surface area contributed by atoms with Crippen LogP contribution in [-0.2, 0) is 21.4 Å². The van der Waals surface area contributed by atoms with Gasteiger partial charge in [-0.1, -0.05) is 24.3 Å². The van der Waals surface area contributed by atoms with Gasteiger partial charge in [0.2, 0.25) is 21.9 Å². The molecule has 1 unspecified atom stereocenters. The molecule has 13 heteroatoms. The number of piperazine rings is 1. The molecule has 0 bridgehead atoms. The Kier molecular flexibility index (Phi) is 8.92. The van der Waals surface area contributed by atoms with Gasteiger partial charge in [0.15, 0.2) is 0 Å². The number of para-hydroxylation sites is 1. The van der Waals surface area contributed by atoms with Crippen LogP contribution in [-0.4, -0.2) is 67.4 Å². The minimum absolute atomic E-state index is 0.00935. The zero-order chi connectivity index (χ0) is 32.3. The monoisotopic (exact) mass is 643 g/mol. The highest BCUT2D eigenvalue weighted by Gasteiger charge is 2.39. The van der Waals surface area contributed by atoms with E-state index in [9.17, 15) is 27.3 Å². The van der Waals surface area contributed by atoms with Gasteiger partial charge < -0.3 is 15.1 Å². The average Bonchev–Trinajstić information content (AvgIpc) is 3.59. The molecule has 4 aromatic rings. The molecule has 236 valence electrons. The average molecular weight is 644 g/mol. The van der Waals surface area contributed by atoms with Gasteiger partial charge >= 0.3 is 0 Å². The lowest BCUT2D eigenvalue weighted by Crippen LogP contribution is -2.47. The van der Waals surface area contributed by atoms with Crippen LogP contribution in [0.2, 0.25) is 0 Å². The summed E-state index contributed by atoms with van der Waals surface area (Å²) < 4.78 is 55.6. The van der Waals surface area contributed by atoms with Crippen LogP contribution in [0.25, 0.3) is 11.3 Å². The first kappa shape index (κ1) is 31.1. The van der Waals surface area contributed by atoms with Gasteiger partial charge in [0.25, 0.3) is 0 Å². The summed E-state index contributed by atoms with van der Waals surface area (Å²) in [4.78, 5) is 26.8. The number of benzene rings is 3. The molecule has 2 fully saturated rings. The van der Waals surface area contributed by atoms with Gasteiger partial charge in [-0.3, -0.25) is 4.79 Å². The van der Waals surface area contributed by atoms with E-state index in [-0.39, 0.29) is 23.8 Å². The van der Waals surface area contributed by atoms with Crippen LogP contribution in [0.4, 0.5) is 20.4 Å². The van der Waals surface area contributed by atoms with Crippen LogP contribution in [0.1, 0.15) is 24.1 Å². The minimum Gasteiger partial charge on any atom is -0.366 e. The number of carbonyl (C=O) groups excluding carboxylic acids is 1. The van der Waals surface area contributed by atoms with Crippen LogP contribution >= 0.6 is 0 Å². The zero-order valence-corrected chi connectivity index (χ0v) is 25.6. The second-order valence-corrected chi connectivity index (χ2v) is 13.0. The summed E-state index contributed by atoms with van der Waals surface area (Å²) in [5.74, 6) is -0.867. The van der Waals surface area contributed by atoms with Crippen LogP contribution in [0.15, 0.2) is 83.8 Å². The molecular formula is C33H31F2N7O3S. The molecule has 2 saturated heterocycles. The van der Waals surface area contributed by atoms with Gasteiger partial charge in [-0.2, -0.15) is 9.57 Å². The number of nitrogens with one attached hydrogen (secondary N) is 1. The summed E-state index contributed by atoms with van der Waals surface area (Å²) in [7, 11) is -4.01. The largest absolute Gasteiger partial charge is 0.366 e. The number of halogens is 2. The molecule has 0 radical (unpaired) electrons. The highest BCUT2D eigenvalue weighted by Crippen LogP contribution is 2.28. The summed E-state index contributed by atoms with van der Waals surface area (Å²) >= 11 is 0. The number of rotatable bonds is 8. The van der Waals surface area contributed by atoms with Gasteiger partial charge in [0.05, 0.1) is 40.1 Å². The molecule has 1 N–H and O–H groups in total. The van der Waals surface area contributed by atoms with E-state index in [4.69, 9.17) is 9.97 Å². The Morgan fingerprint density at radius 3 is 2.39 bits per heavy atom. The van der Waals surface area contributed by atoms with E-state index in [0.717, 1.165) is 16.4 Å². The van der Waals surface area contributed by atoms with E-state index >= 15 is 0 Å². The summed E-state index contributed by atoms with van der Waals surface area (Å²) in [6.45, 7) is 2.33. The number of aromatic nitrogens is 2. The number of hydrogen-bond acceptors (Lipinski definition) is 8. The van der Waals surface area contributed by atoms with E-state index in [2.05, 4.69) is 11.4 Å². The van der Waals surface area contributed by atoms with Gasteiger partial charge in [0, 0.05) is 38.3 Å². The first-order chi connectivity index (χ1) is 22.2. The van der Waals surface area contributed by atoms with E-state index < -0.39 is 27.8 Å². The smallest absolute Gasteiger partial charge is 0.243 e. The quantitative estimate of drug-likeness (QED) is 0.305. The number of carbonyl (C=O) groups is 1. The Hall–Kier alpha value is -4.93. The molecule has 1 amide bonds. The SMILES string of the molecule is N#Cc1cccc(-c2cc(CNC(=O)C3CCCN3S(=O)(=O)c3ccc(F)cc3)nc(N3CCN(c4ccccc4F)CC3)n2)c1. The molecule has 3 aromatic carbocycles. The molecule has 1 aromatic heterocycles. The van der Waals surface area contributed by atoms with Crippen molar-refractivity contribution in [2.24, 2.45) is 0 Å². The fourth-order valence-corrected chi connectivity index (χ4v) is 7.45. The zero-order valence-electron chi connectivity index (χ0n) is 24.8. The number of anilines is 2. The molecule has 0 aliphatic carbocycles. The molecule has 6 rings (SSSR count). The lowest BCUT2D eigenvalue weighted by molar-refractivity contribution is -0.124. The molecular weight excluding hydrogens is 612 g/mol. The van der Waals surface area contributed by atoms with E-state index in [1.165, 1.54) is 18.2 Å². The van der Waals surface area contributed by atoms with Crippen molar-refractivity contribution in [3.63, 3.8) is 0 Å². The fraction of sp³-hybridized carbons (Fsp3) is 0.273. The van der Waals surface area contributed by atoms with Crippen LogP contribution < -0.4 is 15.1 Å². The molecule has 46 heavy (non-hydrogen) atoms. The fourth-order valence-electron chi connectivity index (χ4n) is 5.79. The van der Waals surface area contributed by atoms with Crippen LogP contribution in [0, 0.1) is 23.0 Å². The second-order valence-electron chi connectivity index (χ2n) is 11.1.